The number of allylic oxidation sites excluding steroid dienone is 2. The number of thiophene rings is 1. The van der Waals surface area contributed by atoms with E-state index in [1.165, 1.54) is 61.2 Å². The number of aliphatic hydroxyl groups excluding tert-OH is 1. The molecule has 1 aliphatic rings. The van der Waals surface area contributed by atoms with Crippen LogP contribution in [0.5, 0.6) is 0 Å². The first-order chi connectivity index (χ1) is 22.9. The predicted molar refractivity (Wildman–Crippen MR) is 217 cm³/mol. The smallest absolute Gasteiger partial charge is 0.164 e. The van der Waals surface area contributed by atoms with E-state index in [-0.39, 0.29) is 53.3 Å². The number of benzene rings is 3. The van der Waals surface area contributed by atoms with Gasteiger partial charge in [0.1, 0.15) is 5.76 Å². The van der Waals surface area contributed by atoms with Crippen molar-refractivity contribution in [2.24, 2.45) is 10.8 Å². The second kappa shape index (κ2) is 13.8. The summed E-state index contributed by atoms with van der Waals surface area (Å²) in [7, 11) is 0. The fraction of sp³-hybridized carbons (Fsp3) is 0.478. The Morgan fingerprint density at radius 1 is 0.824 bits per heavy atom. The maximum atomic E-state index is 11.5. The third-order valence-corrected chi connectivity index (χ3v) is 12.0. The van der Waals surface area contributed by atoms with Gasteiger partial charge in [0.05, 0.1) is 0 Å². The molecule has 0 spiro atoms. The topological polar surface area (TPSA) is 50.2 Å². The average Bonchev–Trinajstić information content (AvgIpc) is 3.40. The van der Waals surface area contributed by atoms with E-state index in [2.05, 4.69) is 105 Å². The molecule has 0 unspecified atom stereocenters. The minimum atomic E-state index is -0.417. The first-order valence-corrected chi connectivity index (χ1v) is 18.9. The van der Waals surface area contributed by atoms with E-state index < -0.39 is 5.41 Å². The van der Waals surface area contributed by atoms with Crippen molar-refractivity contribution in [3.05, 3.63) is 88.3 Å². The van der Waals surface area contributed by atoms with Crippen molar-refractivity contribution in [2.75, 3.05) is 0 Å². The zero-order chi connectivity index (χ0) is 37.4. The summed E-state index contributed by atoms with van der Waals surface area (Å²) in [4.78, 5) is 16.5. The van der Waals surface area contributed by atoms with Gasteiger partial charge in [-0.1, -0.05) is 119 Å². The SMILES string of the molecule is CC(C)(C)C(=O)/C=C(\O)C(C)(C)C.Cc1c2c(c(C)c3c1sc1c(-c4[c-]c5ccccc5c(C(C)(C)C)c4)nccc13)C(C)(C)CCC2(C)C.[Ir]. The van der Waals surface area contributed by atoms with Crippen LogP contribution >= 0.6 is 11.3 Å². The normalized spacial score (nSPS) is 16.0. The summed E-state index contributed by atoms with van der Waals surface area (Å²) in [6.45, 7) is 32.5. The molecule has 1 N–H and O–H groups in total. The molecule has 0 fully saturated rings. The van der Waals surface area contributed by atoms with Gasteiger partial charge in [0.25, 0.3) is 0 Å². The molecule has 5 heteroatoms. The number of fused-ring (bicyclic) bond motifs is 5. The average molecular weight is 881 g/mol. The quantitative estimate of drug-likeness (QED) is 0.109. The van der Waals surface area contributed by atoms with Gasteiger partial charge in [-0.05, 0) is 76.6 Å². The fourth-order valence-electron chi connectivity index (χ4n) is 7.57. The number of carbonyl (C=O) groups excluding carboxylic acids is 1. The Kier molecular flexibility index (Phi) is 11.1. The third-order valence-electron chi connectivity index (χ3n) is 10.7. The standard InChI is InChI=1S/C35H38NS.C11H20O2.Ir/c1-20-27-25-14-17-36-30(23-18-22-12-10-11-13-24(22)26(19-23)33(3,4)5)32(25)37-31(27)21(2)29-28(20)34(6,7)15-16-35(29,8)9;1-10(2,3)8(12)7-9(13)11(4,5)6;/h10-14,17,19H,15-16H2,1-9H3;7,12H,1-6H3;/q-1;;/b;8-7-;. The number of pyridine rings is 1. The van der Waals surface area contributed by atoms with Crippen molar-refractivity contribution in [1.29, 1.82) is 0 Å². The van der Waals surface area contributed by atoms with Gasteiger partial charge in [-0.25, -0.2) is 0 Å². The molecule has 5 aromatic rings. The van der Waals surface area contributed by atoms with Crippen LogP contribution in [0.15, 0.2) is 54.4 Å². The maximum absolute atomic E-state index is 11.5. The molecular weight excluding hydrogens is 823 g/mol. The minimum absolute atomic E-state index is 0. The minimum Gasteiger partial charge on any atom is -0.512 e. The third kappa shape index (κ3) is 7.78. The summed E-state index contributed by atoms with van der Waals surface area (Å²) in [5.74, 6) is 0.104. The number of hydrogen-bond donors (Lipinski definition) is 1. The summed E-state index contributed by atoms with van der Waals surface area (Å²) in [5, 5.41) is 14.8. The zero-order valence-electron chi connectivity index (χ0n) is 33.6. The maximum Gasteiger partial charge on any atom is 0.164 e. The number of aromatic nitrogens is 1. The first-order valence-electron chi connectivity index (χ1n) is 18.1. The van der Waals surface area contributed by atoms with Crippen LogP contribution in [0.1, 0.15) is 131 Å². The van der Waals surface area contributed by atoms with E-state index in [1.54, 1.807) is 11.1 Å². The van der Waals surface area contributed by atoms with Crippen molar-refractivity contribution in [1.82, 2.24) is 4.98 Å². The van der Waals surface area contributed by atoms with Crippen LogP contribution in [0.4, 0.5) is 0 Å². The summed E-state index contributed by atoms with van der Waals surface area (Å²) in [6, 6.07) is 17.0. The molecule has 51 heavy (non-hydrogen) atoms. The second-order valence-corrected chi connectivity index (χ2v) is 19.9. The Labute approximate surface area is 324 Å². The monoisotopic (exact) mass is 881 g/mol. The van der Waals surface area contributed by atoms with Crippen molar-refractivity contribution in [3.8, 4) is 11.3 Å². The number of carbonyl (C=O) groups is 1. The largest absolute Gasteiger partial charge is 0.512 e. The Morgan fingerprint density at radius 2 is 1.39 bits per heavy atom. The summed E-state index contributed by atoms with van der Waals surface area (Å²) < 4.78 is 2.72. The van der Waals surface area contributed by atoms with Gasteiger partial charge in [-0.15, -0.1) is 40.5 Å². The summed E-state index contributed by atoms with van der Waals surface area (Å²) >= 11 is 1.93. The molecule has 0 amide bonds. The van der Waals surface area contributed by atoms with Crippen LogP contribution in [0.2, 0.25) is 0 Å². The van der Waals surface area contributed by atoms with Gasteiger partial charge < -0.3 is 5.11 Å². The van der Waals surface area contributed by atoms with Crippen molar-refractivity contribution < 1.29 is 30.0 Å². The summed E-state index contributed by atoms with van der Waals surface area (Å²) in [6.07, 6.45) is 5.81. The van der Waals surface area contributed by atoms with Crippen LogP contribution in [-0.2, 0) is 41.1 Å². The molecule has 2 aromatic heterocycles. The fourth-order valence-corrected chi connectivity index (χ4v) is 8.93. The van der Waals surface area contributed by atoms with Gasteiger partial charge in [0.15, 0.2) is 5.78 Å². The number of rotatable bonds is 2. The molecule has 3 aromatic carbocycles. The van der Waals surface area contributed by atoms with Crippen LogP contribution in [0.3, 0.4) is 0 Å². The van der Waals surface area contributed by atoms with Gasteiger partial charge in [0.2, 0.25) is 0 Å². The van der Waals surface area contributed by atoms with E-state index >= 15 is 0 Å². The number of aliphatic hydroxyl groups is 1. The second-order valence-electron chi connectivity index (χ2n) is 18.9. The first kappa shape index (κ1) is 40.9. The molecule has 6 rings (SSSR count). The number of hydrogen-bond acceptors (Lipinski definition) is 4. The van der Waals surface area contributed by atoms with E-state index in [0.717, 1.165) is 16.6 Å². The Morgan fingerprint density at radius 3 is 1.94 bits per heavy atom. The Bertz CT molecular complexity index is 2160. The van der Waals surface area contributed by atoms with E-state index in [1.807, 2.05) is 59.1 Å². The van der Waals surface area contributed by atoms with Crippen molar-refractivity contribution in [2.45, 2.75) is 133 Å². The van der Waals surface area contributed by atoms with E-state index in [9.17, 15) is 9.90 Å². The van der Waals surface area contributed by atoms with Gasteiger partial charge in [-0.3, -0.25) is 9.78 Å². The molecule has 1 aliphatic carbocycles. The Balaban J connectivity index is 0.000000358. The van der Waals surface area contributed by atoms with Crippen molar-refractivity contribution >= 4 is 48.1 Å². The number of aryl methyl sites for hydroxylation is 2. The molecule has 2 heterocycles. The zero-order valence-corrected chi connectivity index (χ0v) is 36.8. The van der Waals surface area contributed by atoms with Crippen molar-refractivity contribution in [3.63, 3.8) is 0 Å². The molecule has 0 aliphatic heterocycles. The molecule has 0 saturated carbocycles. The molecule has 1 radical (unpaired) electrons. The number of ketones is 1. The molecule has 0 bridgehead atoms. The molecule has 3 nitrogen and oxygen atoms in total. The Hall–Kier alpha value is -2.85. The van der Waals surface area contributed by atoms with Gasteiger partial charge in [-0.2, -0.15) is 0 Å². The van der Waals surface area contributed by atoms with Crippen LogP contribution in [0, 0.1) is 30.7 Å². The van der Waals surface area contributed by atoms with Crippen LogP contribution in [0.25, 0.3) is 42.2 Å². The molecule has 275 valence electrons. The van der Waals surface area contributed by atoms with Crippen LogP contribution in [-0.4, -0.2) is 15.9 Å². The van der Waals surface area contributed by atoms with Gasteiger partial charge in [0, 0.05) is 63.7 Å². The van der Waals surface area contributed by atoms with E-state index in [4.69, 9.17) is 4.98 Å². The molecule has 0 saturated heterocycles. The molecule has 0 atom stereocenters. The van der Waals surface area contributed by atoms with Gasteiger partial charge >= 0.3 is 0 Å². The number of nitrogens with zero attached hydrogens (tertiary/aromatic N) is 1. The molecular formula is C46H58IrNO2S-. The van der Waals surface area contributed by atoms with Crippen LogP contribution < -0.4 is 0 Å². The van der Waals surface area contributed by atoms with E-state index in [0.29, 0.717) is 0 Å². The summed E-state index contributed by atoms with van der Waals surface area (Å²) in [5.41, 5.74) is 9.26. The predicted octanol–water partition coefficient (Wildman–Crippen LogP) is 13.4.